The van der Waals surface area contributed by atoms with Gasteiger partial charge in [0.05, 0.1) is 0 Å². The van der Waals surface area contributed by atoms with Crippen molar-refractivity contribution in [1.82, 2.24) is 10.2 Å². The lowest BCUT2D eigenvalue weighted by atomic mass is 9.86. The summed E-state index contributed by atoms with van der Waals surface area (Å²) in [6, 6.07) is -0.276. The first-order chi connectivity index (χ1) is 9.19. The largest absolute Gasteiger partial charge is 0.342 e. The van der Waals surface area contributed by atoms with Gasteiger partial charge in [0.25, 0.3) is 0 Å². The van der Waals surface area contributed by atoms with E-state index in [0.717, 1.165) is 19.3 Å². The summed E-state index contributed by atoms with van der Waals surface area (Å²) in [6.07, 6.45) is 3.70. The minimum atomic E-state index is -0.687. The molecule has 20 heavy (non-hydrogen) atoms. The van der Waals surface area contributed by atoms with Crippen LogP contribution >= 0.6 is 0 Å². The molecule has 0 bridgehead atoms. The molecule has 1 heterocycles. The lowest BCUT2D eigenvalue weighted by molar-refractivity contribution is -0.157. The van der Waals surface area contributed by atoms with Gasteiger partial charge in [-0.05, 0) is 43.9 Å². The van der Waals surface area contributed by atoms with E-state index in [-0.39, 0.29) is 23.3 Å². The fourth-order valence-corrected chi connectivity index (χ4v) is 2.80. The second kappa shape index (κ2) is 5.05. The Labute approximate surface area is 122 Å². The second-order valence-electron chi connectivity index (χ2n) is 7.72. The minimum Gasteiger partial charge on any atom is -0.342 e. The fourth-order valence-electron chi connectivity index (χ4n) is 2.80. The zero-order chi connectivity index (χ0) is 15.1. The molecule has 4 nitrogen and oxygen atoms in total. The van der Waals surface area contributed by atoms with E-state index in [0.29, 0.717) is 18.9 Å². The molecule has 2 aliphatic rings. The van der Waals surface area contributed by atoms with Crippen LogP contribution < -0.4 is 5.32 Å². The molecule has 1 saturated heterocycles. The number of hydrogen-bond donors (Lipinski definition) is 1. The van der Waals surface area contributed by atoms with Crippen LogP contribution in [0.4, 0.5) is 0 Å². The van der Waals surface area contributed by atoms with Crippen molar-refractivity contribution < 1.29 is 9.59 Å². The summed E-state index contributed by atoms with van der Waals surface area (Å²) in [5, 5.41) is 2.97. The summed E-state index contributed by atoms with van der Waals surface area (Å²) in [4.78, 5) is 27.1. The Bertz CT molecular complexity index is 409. The SMILES string of the molecule is CCC1(C)C(=O)NC(C2CC2)C(=O)N1CCC(C)(C)C. The Kier molecular flexibility index (Phi) is 3.87. The van der Waals surface area contributed by atoms with Gasteiger partial charge in [-0.15, -0.1) is 0 Å². The molecule has 0 radical (unpaired) electrons. The Balaban J connectivity index is 2.20. The number of nitrogens with one attached hydrogen (secondary N) is 1. The zero-order valence-corrected chi connectivity index (χ0v) is 13.5. The van der Waals surface area contributed by atoms with Gasteiger partial charge in [-0.3, -0.25) is 9.59 Å². The van der Waals surface area contributed by atoms with Gasteiger partial charge in [0.2, 0.25) is 11.8 Å². The third-order valence-electron chi connectivity index (χ3n) is 4.77. The molecule has 4 heteroatoms. The van der Waals surface area contributed by atoms with Crippen molar-refractivity contribution in [2.24, 2.45) is 11.3 Å². The van der Waals surface area contributed by atoms with Crippen LogP contribution in [0.15, 0.2) is 0 Å². The third kappa shape index (κ3) is 2.84. The molecule has 114 valence electrons. The number of rotatable bonds is 4. The topological polar surface area (TPSA) is 49.4 Å². The number of carbonyl (C=O) groups is 2. The van der Waals surface area contributed by atoms with Crippen LogP contribution in [0.25, 0.3) is 0 Å². The zero-order valence-electron chi connectivity index (χ0n) is 13.5. The van der Waals surface area contributed by atoms with E-state index < -0.39 is 5.54 Å². The first kappa shape index (κ1) is 15.3. The summed E-state index contributed by atoms with van der Waals surface area (Å²) in [7, 11) is 0. The van der Waals surface area contributed by atoms with Crippen molar-refractivity contribution in [2.45, 2.75) is 71.9 Å². The average molecular weight is 280 g/mol. The molecule has 1 aliphatic heterocycles. The summed E-state index contributed by atoms with van der Waals surface area (Å²) in [5.74, 6) is 0.510. The van der Waals surface area contributed by atoms with Crippen molar-refractivity contribution in [2.75, 3.05) is 6.54 Å². The van der Waals surface area contributed by atoms with Crippen LogP contribution in [-0.4, -0.2) is 34.8 Å². The van der Waals surface area contributed by atoms with Crippen molar-refractivity contribution in [3.8, 4) is 0 Å². The van der Waals surface area contributed by atoms with E-state index in [1.807, 2.05) is 18.7 Å². The van der Waals surface area contributed by atoms with Crippen LogP contribution in [0.5, 0.6) is 0 Å². The Morgan fingerprint density at radius 1 is 1.30 bits per heavy atom. The maximum atomic E-state index is 12.8. The van der Waals surface area contributed by atoms with E-state index in [1.165, 1.54) is 0 Å². The quantitative estimate of drug-likeness (QED) is 0.859. The van der Waals surface area contributed by atoms with Gasteiger partial charge in [0, 0.05) is 6.54 Å². The predicted molar refractivity (Wildman–Crippen MR) is 79.1 cm³/mol. The van der Waals surface area contributed by atoms with Crippen molar-refractivity contribution in [1.29, 1.82) is 0 Å². The molecule has 1 aliphatic carbocycles. The van der Waals surface area contributed by atoms with Crippen molar-refractivity contribution in [3.63, 3.8) is 0 Å². The van der Waals surface area contributed by atoms with Crippen LogP contribution in [0.1, 0.15) is 60.3 Å². The Hall–Kier alpha value is -1.06. The summed E-state index contributed by atoms with van der Waals surface area (Å²) in [6.45, 7) is 11.1. The third-order valence-corrected chi connectivity index (χ3v) is 4.77. The number of nitrogens with zero attached hydrogens (tertiary/aromatic N) is 1. The van der Waals surface area contributed by atoms with Gasteiger partial charge >= 0.3 is 0 Å². The molecule has 0 spiro atoms. The van der Waals surface area contributed by atoms with E-state index in [2.05, 4.69) is 26.1 Å². The maximum absolute atomic E-state index is 12.8. The van der Waals surface area contributed by atoms with Crippen LogP contribution in [0.2, 0.25) is 0 Å². The average Bonchev–Trinajstić information content (AvgIpc) is 3.16. The van der Waals surface area contributed by atoms with Crippen LogP contribution in [-0.2, 0) is 9.59 Å². The molecule has 2 rings (SSSR count). The Morgan fingerprint density at radius 3 is 2.35 bits per heavy atom. The summed E-state index contributed by atoms with van der Waals surface area (Å²) >= 11 is 0. The summed E-state index contributed by atoms with van der Waals surface area (Å²) in [5.41, 5.74) is -0.522. The normalized spacial score (nSPS) is 31.4. The highest BCUT2D eigenvalue weighted by Gasteiger charge is 2.51. The smallest absolute Gasteiger partial charge is 0.246 e. The predicted octanol–water partition coefficient (Wildman–Crippen LogP) is 2.33. The molecule has 0 aromatic rings. The number of carbonyl (C=O) groups excluding carboxylic acids is 2. The van der Waals surface area contributed by atoms with Crippen LogP contribution in [0, 0.1) is 11.3 Å². The van der Waals surface area contributed by atoms with Gasteiger partial charge in [0.1, 0.15) is 11.6 Å². The van der Waals surface area contributed by atoms with Gasteiger partial charge < -0.3 is 10.2 Å². The highest BCUT2D eigenvalue weighted by atomic mass is 16.2. The molecule has 0 aromatic heterocycles. The summed E-state index contributed by atoms with van der Waals surface area (Å²) < 4.78 is 0. The minimum absolute atomic E-state index is 0.0189. The number of amides is 2. The Morgan fingerprint density at radius 2 is 1.90 bits per heavy atom. The maximum Gasteiger partial charge on any atom is 0.246 e. The van der Waals surface area contributed by atoms with E-state index in [4.69, 9.17) is 0 Å². The first-order valence-corrected chi connectivity index (χ1v) is 7.81. The molecular formula is C16H28N2O2. The van der Waals surface area contributed by atoms with Gasteiger partial charge in [-0.1, -0.05) is 27.7 Å². The molecular weight excluding hydrogens is 252 g/mol. The number of piperazine rings is 1. The highest BCUT2D eigenvalue weighted by Crippen LogP contribution is 2.38. The molecule has 2 unspecified atom stereocenters. The molecule has 2 fully saturated rings. The molecule has 2 atom stereocenters. The van der Waals surface area contributed by atoms with E-state index >= 15 is 0 Å². The van der Waals surface area contributed by atoms with E-state index in [1.54, 1.807) is 0 Å². The standard InChI is InChI=1S/C16H28N2O2/c1-6-16(5)14(20)17-12(11-7-8-11)13(19)18(16)10-9-15(2,3)4/h11-12H,6-10H2,1-5H3,(H,17,20). The lowest BCUT2D eigenvalue weighted by Gasteiger charge is -2.46. The van der Waals surface area contributed by atoms with Gasteiger partial charge in [0.15, 0.2) is 0 Å². The second-order valence-corrected chi connectivity index (χ2v) is 7.72. The first-order valence-electron chi connectivity index (χ1n) is 7.81. The lowest BCUT2D eigenvalue weighted by Crippen LogP contribution is -2.70. The molecule has 1 N–H and O–H groups in total. The van der Waals surface area contributed by atoms with Gasteiger partial charge in [-0.2, -0.15) is 0 Å². The monoisotopic (exact) mass is 280 g/mol. The molecule has 2 amide bonds. The number of hydrogen-bond acceptors (Lipinski definition) is 2. The highest BCUT2D eigenvalue weighted by molar-refractivity contribution is 5.99. The molecule has 0 aromatic carbocycles. The molecule has 1 saturated carbocycles. The van der Waals surface area contributed by atoms with Crippen molar-refractivity contribution in [3.05, 3.63) is 0 Å². The van der Waals surface area contributed by atoms with Gasteiger partial charge in [-0.25, -0.2) is 0 Å². The fraction of sp³-hybridized carbons (Fsp3) is 0.875. The van der Waals surface area contributed by atoms with Crippen LogP contribution in [0.3, 0.4) is 0 Å². The van der Waals surface area contributed by atoms with E-state index in [9.17, 15) is 9.59 Å². The van der Waals surface area contributed by atoms with Crippen molar-refractivity contribution >= 4 is 11.8 Å².